The van der Waals surface area contributed by atoms with Crippen LogP contribution in [-0.4, -0.2) is 58.2 Å². The second-order valence-electron chi connectivity index (χ2n) is 8.08. The van der Waals surface area contributed by atoms with Crippen molar-refractivity contribution in [3.8, 4) is 11.3 Å². The van der Waals surface area contributed by atoms with Crippen LogP contribution in [0.2, 0.25) is 0 Å². The van der Waals surface area contributed by atoms with Crippen LogP contribution in [0.5, 0.6) is 0 Å². The number of benzene rings is 1. The van der Waals surface area contributed by atoms with E-state index < -0.39 is 0 Å². The van der Waals surface area contributed by atoms with E-state index >= 15 is 0 Å². The fourth-order valence-electron chi connectivity index (χ4n) is 3.86. The number of nitrogens with one attached hydrogen (secondary N) is 1. The number of amides is 1. The highest BCUT2D eigenvalue weighted by molar-refractivity contribution is 7.14. The number of likely N-dealkylation sites (N-methyl/N-ethyl adjacent to an activating group) is 1. The first-order valence-corrected chi connectivity index (χ1v) is 11.5. The van der Waals surface area contributed by atoms with Gasteiger partial charge in [0.15, 0.2) is 10.9 Å². The molecule has 1 aliphatic heterocycles. The fourth-order valence-corrected chi connectivity index (χ4v) is 4.58. The number of carbonyl (C=O) groups excluding carboxylic acids is 1. The molecule has 1 aliphatic rings. The summed E-state index contributed by atoms with van der Waals surface area (Å²) in [6, 6.07) is 12.2. The SMILES string of the molecule is Cc1ccc(-c2csc(NC(=O)C(C)N(C)CC3CCCN3c3cccnn3)n2)cc1. The highest BCUT2D eigenvalue weighted by Gasteiger charge is 2.29. The van der Waals surface area contributed by atoms with Crippen molar-refractivity contribution in [1.82, 2.24) is 20.1 Å². The van der Waals surface area contributed by atoms with E-state index in [0.29, 0.717) is 11.2 Å². The molecule has 1 saturated heterocycles. The molecule has 7 nitrogen and oxygen atoms in total. The van der Waals surface area contributed by atoms with E-state index in [-0.39, 0.29) is 11.9 Å². The summed E-state index contributed by atoms with van der Waals surface area (Å²) in [6.07, 6.45) is 3.90. The number of aryl methyl sites for hydroxylation is 1. The molecule has 2 unspecified atom stereocenters. The summed E-state index contributed by atoms with van der Waals surface area (Å²) in [5.74, 6) is 0.860. The molecule has 162 valence electrons. The zero-order chi connectivity index (χ0) is 21.8. The number of anilines is 2. The molecule has 1 aromatic carbocycles. The van der Waals surface area contributed by atoms with E-state index in [1.165, 1.54) is 16.9 Å². The maximum absolute atomic E-state index is 12.8. The van der Waals surface area contributed by atoms with Gasteiger partial charge in [-0.2, -0.15) is 5.10 Å². The normalized spacial score (nSPS) is 17.2. The van der Waals surface area contributed by atoms with E-state index in [2.05, 4.69) is 61.5 Å². The molecule has 8 heteroatoms. The van der Waals surface area contributed by atoms with Crippen molar-refractivity contribution >= 4 is 28.2 Å². The summed E-state index contributed by atoms with van der Waals surface area (Å²) in [7, 11) is 2.00. The van der Waals surface area contributed by atoms with Crippen LogP contribution in [0, 0.1) is 6.92 Å². The summed E-state index contributed by atoms with van der Waals surface area (Å²) in [5, 5.41) is 13.9. The van der Waals surface area contributed by atoms with Gasteiger partial charge in [-0.3, -0.25) is 9.69 Å². The van der Waals surface area contributed by atoms with Crippen LogP contribution in [0.4, 0.5) is 10.9 Å². The van der Waals surface area contributed by atoms with E-state index in [0.717, 1.165) is 43.0 Å². The van der Waals surface area contributed by atoms with Gasteiger partial charge in [-0.15, -0.1) is 16.4 Å². The van der Waals surface area contributed by atoms with Crippen LogP contribution in [0.15, 0.2) is 48.0 Å². The molecular weight excluding hydrogens is 408 g/mol. The lowest BCUT2D eigenvalue weighted by Gasteiger charge is -2.31. The first-order valence-electron chi connectivity index (χ1n) is 10.6. The number of nitrogens with zero attached hydrogens (tertiary/aromatic N) is 5. The molecule has 2 aromatic heterocycles. The van der Waals surface area contributed by atoms with Crippen LogP contribution >= 0.6 is 11.3 Å². The Morgan fingerprint density at radius 1 is 1.32 bits per heavy atom. The number of aromatic nitrogens is 3. The molecule has 0 bridgehead atoms. The van der Waals surface area contributed by atoms with Crippen molar-refractivity contribution < 1.29 is 4.79 Å². The molecule has 0 radical (unpaired) electrons. The lowest BCUT2D eigenvalue weighted by atomic mass is 10.1. The predicted octanol–water partition coefficient (Wildman–Crippen LogP) is 3.84. The highest BCUT2D eigenvalue weighted by atomic mass is 32.1. The maximum Gasteiger partial charge on any atom is 0.243 e. The number of rotatable bonds is 7. The van der Waals surface area contributed by atoms with Crippen molar-refractivity contribution in [2.45, 2.75) is 38.8 Å². The van der Waals surface area contributed by atoms with Crippen LogP contribution in [0.25, 0.3) is 11.3 Å². The van der Waals surface area contributed by atoms with Crippen molar-refractivity contribution in [1.29, 1.82) is 0 Å². The molecule has 4 rings (SSSR count). The highest BCUT2D eigenvalue weighted by Crippen LogP contribution is 2.26. The zero-order valence-electron chi connectivity index (χ0n) is 18.2. The lowest BCUT2D eigenvalue weighted by molar-refractivity contribution is -0.120. The Morgan fingerprint density at radius 2 is 2.13 bits per heavy atom. The molecule has 31 heavy (non-hydrogen) atoms. The molecule has 1 amide bonds. The first-order chi connectivity index (χ1) is 15.0. The van der Waals surface area contributed by atoms with Crippen molar-refractivity contribution in [2.24, 2.45) is 0 Å². The zero-order valence-corrected chi connectivity index (χ0v) is 19.0. The molecule has 3 aromatic rings. The van der Waals surface area contributed by atoms with Crippen LogP contribution in [-0.2, 0) is 4.79 Å². The van der Waals surface area contributed by atoms with Gasteiger partial charge in [-0.1, -0.05) is 29.8 Å². The number of thiazole rings is 1. The van der Waals surface area contributed by atoms with Crippen LogP contribution in [0.1, 0.15) is 25.3 Å². The molecule has 3 heterocycles. The number of hydrogen-bond acceptors (Lipinski definition) is 7. The van der Waals surface area contributed by atoms with Gasteiger partial charge in [0.05, 0.1) is 11.7 Å². The maximum atomic E-state index is 12.8. The predicted molar refractivity (Wildman–Crippen MR) is 125 cm³/mol. The van der Waals surface area contributed by atoms with E-state index in [1.54, 1.807) is 6.20 Å². The Balaban J connectivity index is 1.35. The third kappa shape index (κ3) is 5.08. The van der Waals surface area contributed by atoms with Gasteiger partial charge in [0.1, 0.15) is 0 Å². The second kappa shape index (κ2) is 9.53. The summed E-state index contributed by atoms with van der Waals surface area (Å²) >= 11 is 1.45. The Bertz CT molecular complexity index is 1010. The molecule has 0 spiro atoms. The summed E-state index contributed by atoms with van der Waals surface area (Å²) in [4.78, 5) is 21.8. The minimum atomic E-state index is -0.268. The van der Waals surface area contributed by atoms with Crippen molar-refractivity contribution in [3.05, 3.63) is 53.5 Å². The molecular formula is C23H28N6OS. The van der Waals surface area contributed by atoms with Gasteiger partial charge in [0.25, 0.3) is 0 Å². The first kappa shape index (κ1) is 21.4. The summed E-state index contributed by atoms with van der Waals surface area (Å²) in [6.45, 7) is 5.76. The van der Waals surface area contributed by atoms with Crippen LogP contribution in [0.3, 0.4) is 0 Å². The topological polar surface area (TPSA) is 74.2 Å². The number of hydrogen-bond donors (Lipinski definition) is 1. The largest absolute Gasteiger partial charge is 0.351 e. The lowest BCUT2D eigenvalue weighted by Crippen LogP contribution is -2.46. The minimum absolute atomic E-state index is 0.0450. The Kier molecular flexibility index (Phi) is 6.58. The molecule has 0 saturated carbocycles. The fraction of sp³-hybridized carbons (Fsp3) is 0.391. The second-order valence-corrected chi connectivity index (χ2v) is 8.94. The Morgan fingerprint density at radius 3 is 2.87 bits per heavy atom. The quantitative estimate of drug-likeness (QED) is 0.607. The third-order valence-electron chi connectivity index (χ3n) is 5.85. The minimum Gasteiger partial charge on any atom is -0.351 e. The van der Waals surface area contributed by atoms with Gasteiger partial charge in [-0.25, -0.2) is 4.98 Å². The van der Waals surface area contributed by atoms with Gasteiger partial charge in [0.2, 0.25) is 5.91 Å². The summed E-state index contributed by atoms with van der Waals surface area (Å²) < 4.78 is 0. The Labute approximate surface area is 187 Å². The van der Waals surface area contributed by atoms with E-state index in [4.69, 9.17) is 0 Å². The third-order valence-corrected chi connectivity index (χ3v) is 6.61. The number of carbonyl (C=O) groups is 1. The van der Waals surface area contributed by atoms with Gasteiger partial charge >= 0.3 is 0 Å². The van der Waals surface area contributed by atoms with E-state index in [1.807, 2.05) is 31.5 Å². The Hall–Kier alpha value is -2.84. The molecule has 0 aliphatic carbocycles. The van der Waals surface area contributed by atoms with Crippen molar-refractivity contribution in [2.75, 3.05) is 30.4 Å². The smallest absolute Gasteiger partial charge is 0.243 e. The van der Waals surface area contributed by atoms with Gasteiger partial charge in [0, 0.05) is 36.3 Å². The van der Waals surface area contributed by atoms with E-state index in [9.17, 15) is 4.79 Å². The monoisotopic (exact) mass is 436 g/mol. The molecule has 1 N–H and O–H groups in total. The molecule has 2 atom stereocenters. The average Bonchev–Trinajstić information content (AvgIpc) is 3.44. The van der Waals surface area contributed by atoms with Gasteiger partial charge in [-0.05, 0) is 45.9 Å². The standard InChI is InChI=1S/C23H28N6OS/c1-16-8-10-18(11-9-16)20-15-31-23(25-20)26-22(30)17(2)28(3)14-19-6-5-13-29(19)21-7-4-12-24-27-21/h4,7-12,15,17,19H,5-6,13-14H2,1-3H3,(H,25,26,30). The molecule has 1 fully saturated rings. The summed E-state index contributed by atoms with van der Waals surface area (Å²) in [5.41, 5.74) is 3.15. The average molecular weight is 437 g/mol. The van der Waals surface area contributed by atoms with Crippen LogP contribution < -0.4 is 10.2 Å². The van der Waals surface area contributed by atoms with Gasteiger partial charge < -0.3 is 10.2 Å². The van der Waals surface area contributed by atoms with Crippen molar-refractivity contribution in [3.63, 3.8) is 0 Å².